The van der Waals surface area contributed by atoms with Crippen LogP contribution in [0.15, 0.2) is 24.5 Å². The Morgan fingerprint density at radius 1 is 1.29 bits per heavy atom. The Hall–Kier alpha value is -2.24. The van der Waals surface area contributed by atoms with Crippen LogP contribution < -0.4 is 0 Å². The highest BCUT2D eigenvalue weighted by Gasteiger charge is 2.32. The first-order valence-electron chi connectivity index (χ1n) is 8.53. The number of rotatable bonds is 8. The predicted octanol–water partition coefficient (Wildman–Crippen LogP) is 1.92. The molecule has 2 rings (SSSR count). The van der Waals surface area contributed by atoms with E-state index in [2.05, 4.69) is 11.1 Å². The summed E-state index contributed by atoms with van der Waals surface area (Å²) in [7, 11) is 0. The minimum Gasteiger partial charge on any atom is -0.464 e. The van der Waals surface area contributed by atoms with E-state index in [1.165, 1.54) is 10.5 Å². The number of piperidine rings is 1. The van der Waals surface area contributed by atoms with Crippen LogP contribution in [0.25, 0.3) is 0 Å². The van der Waals surface area contributed by atoms with Crippen LogP contribution in [0.4, 0.5) is 0 Å². The lowest BCUT2D eigenvalue weighted by Gasteiger charge is -2.32. The van der Waals surface area contributed by atoms with Gasteiger partial charge in [-0.15, -0.1) is 0 Å². The van der Waals surface area contributed by atoms with Crippen molar-refractivity contribution in [3.63, 3.8) is 0 Å². The third kappa shape index (κ3) is 5.44. The number of pyridine rings is 1. The van der Waals surface area contributed by atoms with Crippen LogP contribution in [0, 0.1) is 0 Å². The molecule has 1 saturated heterocycles. The molecule has 1 aromatic heterocycles. The molecule has 24 heavy (non-hydrogen) atoms. The molecule has 2 heterocycles. The molecule has 6 nitrogen and oxygen atoms in total. The van der Waals surface area contributed by atoms with E-state index < -0.39 is 17.9 Å². The van der Waals surface area contributed by atoms with Gasteiger partial charge >= 0.3 is 5.97 Å². The largest absolute Gasteiger partial charge is 0.464 e. The lowest BCUT2D eigenvalue weighted by Crippen LogP contribution is -2.49. The first-order chi connectivity index (χ1) is 11.7. The zero-order valence-corrected chi connectivity index (χ0v) is 13.9. The van der Waals surface area contributed by atoms with Gasteiger partial charge in [0, 0.05) is 18.9 Å². The van der Waals surface area contributed by atoms with Crippen molar-refractivity contribution in [1.82, 2.24) is 9.88 Å². The standard InChI is InChI=1S/C18H24N2O4/c21-14-17(22)20-11-4-3-9-16(20)18(23)24-12-5-1-2-7-15-8-6-10-19-13-15/h6,8,10,13-14,16H,1-5,7,9,11-12H2. The smallest absolute Gasteiger partial charge is 0.328 e. The Morgan fingerprint density at radius 2 is 2.17 bits per heavy atom. The summed E-state index contributed by atoms with van der Waals surface area (Å²) >= 11 is 0. The number of amides is 1. The third-order valence-electron chi connectivity index (χ3n) is 4.24. The van der Waals surface area contributed by atoms with E-state index in [4.69, 9.17) is 4.74 Å². The number of esters is 1. The highest BCUT2D eigenvalue weighted by molar-refractivity contribution is 6.24. The van der Waals surface area contributed by atoms with Crippen LogP contribution in [0.3, 0.4) is 0 Å². The van der Waals surface area contributed by atoms with Crippen LogP contribution in [-0.2, 0) is 25.5 Å². The van der Waals surface area contributed by atoms with Gasteiger partial charge in [-0.05, 0) is 56.6 Å². The van der Waals surface area contributed by atoms with Crippen LogP contribution in [0.2, 0.25) is 0 Å². The highest BCUT2D eigenvalue weighted by Crippen LogP contribution is 2.18. The number of carbonyl (C=O) groups excluding carboxylic acids is 3. The maximum Gasteiger partial charge on any atom is 0.328 e. The molecule has 0 N–H and O–H groups in total. The SMILES string of the molecule is O=CC(=O)N1CCCCC1C(=O)OCCCCCc1cccnc1. The van der Waals surface area contributed by atoms with Crippen molar-refractivity contribution in [2.45, 2.75) is 51.0 Å². The summed E-state index contributed by atoms with van der Waals surface area (Å²) in [6.07, 6.45) is 9.88. The average molecular weight is 332 g/mol. The maximum atomic E-state index is 12.1. The molecular formula is C18H24N2O4. The molecule has 1 atom stereocenters. The molecule has 1 amide bonds. The van der Waals surface area contributed by atoms with Crippen LogP contribution in [0.5, 0.6) is 0 Å². The van der Waals surface area contributed by atoms with E-state index in [9.17, 15) is 14.4 Å². The Labute approximate surface area is 142 Å². The number of nitrogens with zero attached hydrogens (tertiary/aromatic N) is 2. The third-order valence-corrected chi connectivity index (χ3v) is 4.24. The Morgan fingerprint density at radius 3 is 2.92 bits per heavy atom. The number of unbranched alkanes of at least 4 members (excludes halogenated alkanes) is 2. The lowest BCUT2D eigenvalue weighted by molar-refractivity contribution is -0.157. The van der Waals surface area contributed by atoms with Gasteiger partial charge in [-0.3, -0.25) is 14.6 Å². The zero-order chi connectivity index (χ0) is 17.2. The number of ether oxygens (including phenoxy) is 1. The summed E-state index contributed by atoms with van der Waals surface area (Å²) in [5.74, 6) is -1.02. The molecule has 1 aromatic rings. The van der Waals surface area contributed by atoms with Gasteiger partial charge in [0.25, 0.3) is 5.91 Å². The van der Waals surface area contributed by atoms with Crippen LogP contribution in [-0.4, -0.2) is 47.2 Å². The lowest BCUT2D eigenvalue weighted by atomic mass is 10.0. The Kier molecular flexibility index (Phi) is 7.39. The first-order valence-corrected chi connectivity index (χ1v) is 8.53. The molecule has 0 spiro atoms. The fraction of sp³-hybridized carbons (Fsp3) is 0.556. The second-order valence-electron chi connectivity index (χ2n) is 6.00. The predicted molar refractivity (Wildman–Crippen MR) is 88.2 cm³/mol. The van der Waals surface area contributed by atoms with E-state index in [0.717, 1.165) is 38.5 Å². The van der Waals surface area contributed by atoms with E-state index in [0.29, 0.717) is 19.6 Å². The van der Waals surface area contributed by atoms with Crippen molar-refractivity contribution in [2.75, 3.05) is 13.2 Å². The normalized spacial score (nSPS) is 17.3. The molecule has 0 aromatic carbocycles. The molecule has 6 heteroatoms. The summed E-state index contributed by atoms with van der Waals surface area (Å²) in [5.41, 5.74) is 1.21. The van der Waals surface area contributed by atoms with Crippen molar-refractivity contribution in [2.24, 2.45) is 0 Å². The van der Waals surface area contributed by atoms with Gasteiger partial charge in [-0.25, -0.2) is 4.79 Å². The Balaban J connectivity index is 1.65. The first kappa shape index (κ1) is 18.1. The van der Waals surface area contributed by atoms with Gasteiger partial charge in [0.05, 0.1) is 6.61 Å². The molecule has 0 bridgehead atoms. The monoisotopic (exact) mass is 332 g/mol. The number of aldehydes is 1. The van der Waals surface area contributed by atoms with Crippen molar-refractivity contribution in [1.29, 1.82) is 0 Å². The van der Waals surface area contributed by atoms with Gasteiger partial charge in [0.2, 0.25) is 6.29 Å². The molecule has 1 unspecified atom stereocenters. The summed E-state index contributed by atoms with van der Waals surface area (Å²) in [6, 6.07) is 3.37. The van der Waals surface area contributed by atoms with Crippen molar-refractivity contribution >= 4 is 18.2 Å². The van der Waals surface area contributed by atoms with Crippen LogP contribution >= 0.6 is 0 Å². The molecule has 0 radical (unpaired) electrons. The van der Waals surface area contributed by atoms with Gasteiger partial charge in [-0.1, -0.05) is 6.07 Å². The molecule has 1 aliphatic rings. The molecule has 130 valence electrons. The minimum atomic E-state index is -0.631. The molecule has 1 fully saturated rings. The second kappa shape index (κ2) is 9.80. The summed E-state index contributed by atoms with van der Waals surface area (Å²) in [5, 5.41) is 0. The van der Waals surface area contributed by atoms with Gasteiger partial charge in [0.1, 0.15) is 6.04 Å². The van der Waals surface area contributed by atoms with E-state index >= 15 is 0 Å². The fourth-order valence-corrected chi connectivity index (χ4v) is 2.93. The zero-order valence-electron chi connectivity index (χ0n) is 13.9. The van der Waals surface area contributed by atoms with Crippen molar-refractivity contribution in [3.05, 3.63) is 30.1 Å². The summed E-state index contributed by atoms with van der Waals surface area (Å²) in [6.45, 7) is 0.800. The number of aryl methyl sites for hydroxylation is 1. The molecular weight excluding hydrogens is 308 g/mol. The number of aromatic nitrogens is 1. The molecule has 1 aliphatic heterocycles. The van der Waals surface area contributed by atoms with Crippen molar-refractivity contribution in [3.8, 4) is 0 Å². The minimum absolute atomic E-state index is 0.268. The number of likely N-dealkylation sites (tertiary alicyclic amines) is 1. The average Bonchev–Trinajstić information content (AvgIpc) is 2.64. The van der Waals surface area contributed by atoms with Crippen molar-refractivity contribution < 1.29 is 19.1 Å². The number of carbonyl (C=O) groups is 3. The quantitative estimate of drug-likeness (QED) is 0.315. The van der Waals surface area contributed by atoms with Gasteiger partial charge < -0.3 is 9.64 Å². The number of hydrogen-bond acceptors (Lipinski definition) is 5. The van der Waals surface area contributed by atoms with E-state index in [-0.39, 0.29) is 6.29 Å². The van der Waals surface area contributed by atoms with E-state index in [1.807, 2.05) is 12.3 Å². The second-order valence-corrected chi connectivity index (χ2v) is 6.00. The fourth-order valence-electron chi connectivity index (χ4n) is 2.93. The highest BCUT2D eigenvalue weighted by atomic mass is 16.5. The van der Waals surface area contributed by atoms with Gasteiger partial charge in [-0.2, -0.15) is 0 Å². The summed E-state index contributed by atoms with van der Waals surface area (Å²) < 4.78 is 5.30. The van der Waals surface area contributed by atoms with E-state index in [1.54, 1.807) is 6.20 Å². The van der Waals surface area contributed by atoms with Crippen LogP contribution in [0.1, 0.15) is 44.1 Å². The van der Waals surface area contributed by atoms with Gasteiger partial charge in [0.15, 0.2) is 0 Å². The molecule has 0 aliphatic carbocycles. The maximum absolute atomic E-state index is 12.1. The molecule has 0 saturated carbocycles. The summed E-state index contributed by atoms with van der Waals surface area (Å²) in [4.78, 5) is 39.8. The number of hydrogen-bond donors (Lipinski definition) is 0. The Bertz CT molecular complexity index is 547. The topological polar surface area (TPSA) is 76.6 Å².